The quantitative estimate of drug-likeness (QED) is 0.462. The molecule has 0 aromatic heterocycles. The van der Waals surface area contributed by atoms with E-state index in [1.165, 1.54) is 25.7 Å². The van der Waals surface area contributed by atoms with Gasteiger partial charge in [0.05, 0.1) is 0 Å². The Hall–Kier alpha value is 1.37. The molecular formula is C8H20Cl2HfO2. The van der Waals surface area contributed by atoms with Gasteiger partial charge < -0.3 is 0 Å². The molecule has 0 aliphatic heterocycles. The van der Waals surface area contributed by atoms with E-state index < -0.39 is 23.8 Å². The normalized spacial score (nSPS) is 8.46. The van der Waals surface area contributed by atoms with Crippen molar-refractivity contribution in [3.05, 3.63) is 0 Å². The molecule has 0 unspecified atom stereocenters. The fourth-order valence-corrected chi connectivity index (χ4v) is 2.49. The molecule has 0 N–H and O–H groups in total. The maximum atomic E-state index is 5.39. The Balaban J connectivity index is -0.000000500. The van der Waals surface area contributed by atoms with Gasteiger partial charge in [-0.3, -0.25) is 0 Å². The van der Waals surface area contributed by atoms with Crippen LogP contribution < -0.4 is 0 Å². The molecule has 0 aromatic rings. The third-order valence-corrected chi connectivity index (χ3v) is 3.63. The third kappa shape index (κ3) is 19.7. The standard InChI is InChI=1S/2C4H9O.2ClH.Hf/c2*1-2-3-4-5;;;/h2*2-4H2,1H3;2*1H;/q2*-1;;;+2. The first-order valence-electron chi connectivity index (χ1n) is 4.40. The molecule has 82 valence electrons. The van der Waals surface area contributed by atoms with E-state index in [-0.39, 0.29) is 24.8 Å². The van der Waals surface area contributed by atoms with Gasteiger partial charge in [0.15, 0.2) is 0 Å². The van der Waals surface area contributed by atoms with Gasteiger partial charge in [-0.25, -0.2) is 0 Å². The second kappa shape index (κ2) is 19.0. The number of rotatable bonds is 8. The molecule has 2 nitrogen and oxygen atoms in total. The van der Waals surface area contributed by atoms with Crippen molar-refractivity contribution >= 4 is 24.8 Å². The topological polar surface area (TPSA) is 18.5 Å². The summed E-state index contributed by atoms with van der Waals surface area (Å²) in [5.41, 5.74) is 0. The SMILES string of the molecule is CCCC[O][Hf][O]CCCC.Cl.Cl. The van der Waals surface area contributed by atoms with Gasteiger partial charge in [-0.2, -0.15) is 0 Å². The van der Waals surface area contributed by atoms with Gasteiger partial charge in [0.2, 0.25) is 0 Å². The summed E-state index contributed by atoms with van der Waals surface area (Å²) in [6, 6.07) is 0. The Morgan fingerprint density at radius 3 is 1.54 bits per heavy atom. The zero-order valence-corrected chi connectivity index (χ0v) is 13.6. The number of hydrogen-bond acceptors (Lipinski definition) is 2. The summed E-state index contributed by atoms with van der Waals surface area (Å²) < 4.78 is 10.8. The van der Waals surface area contributed by atoms with Gasteiger partial charge in [-0.15, -0.1) is 24.8 Å². The van der Waals surface area contributed by atoms with Crippen molar-refractivity contribution in [2.45, 2.75) is 39.5 Å². The Bertz CT molecular complexity index is 69.2. The van der Waals surface area contributed by atoms with E-state index in [1.807, 2.05) is 0 Å². The maximum absolute atomic E-state index is 5.39. The maximum Gasteiger partial charge on any atom is -0.147 e. The first kappa shape index (κ1) is 19.9. The minimum absolute atomic E-state index is 0. The summed E-state index contributed by atoms with van der Waals surface area (Å²) in [4.78, 5) is 0. The summed E-state index contributed by atoms with van der Waals surface area (Å²) in [7, 11) is 0. The van der Waals surface area contributed by atoms with E-state index >= 15 is 0 Å². The van der Waals surface area contributed by atoms with Crippen LogP contribution >= 0.6 is 24.8 Å². The van der Waals surface area contributed by atoms with Crippen molar-refractivity contribution < 1.29 is 29.5 Å². The smallest absolute Gasteiger partial charge is 0.147 e. The van der Waals surface area contributed by atoms with Crippen LogP contribution in [-0.4, -0.2) is 13.2 Å². The summed E-state index contributed by atoms with van der Waals surface area (Å²) in [6.45, 7) is 6.20. The van der Waals surface area contributed by atoms with Gasteiger partial charge >= 0.3 is 82.2 Å². The van der Waals surface area contributed by atoms with E-state index in [1.54, 1.807) is 0 Å². The van der Waals surface area contributed by atoms with Crippen molar-refractivity contribution in [1.82, 2.24) is 0 Å². The second-order valence-corrected chi connectivity index (χ2v) is 5.16. The predicted octanol–water partition coefficient (Wildman–Crippen LogP) is 3.38. The van der Waals surface area contributed by atoms with Crippen LogP contribution in [0.15, 0.2) is 0 Å². The Morgan fingerprint density at radius 2 is 1.23 bits per heavy atom. The molecule has 0 heterocycles. The van der Waals surface area contributed by atoms with Gasteiger partial charge in [0.25, 0.3) is 0 Å². The molecule has 0 atom stereocenters. The first-order chi connectivity index (χ1) is 5.41. The molecule has 0 bridgehead atoms. The molecule has 0 fully saturated rings. The zero-order valence-electron chi connectivity index (χ0n) is 8.38. The van der Waals surface area contributed by atoms with Crippen LogP contribution in [0.25, 0.3) is 0 Å². The molecule has 0 aliphatic rings. The van der Waals surface area contributed by atoms with E-state index in [0.717, 1.165) is 13.2 Å². The fraction of sp³-hybridized carbons (Fsp3) is 1.00. The van der Waals surface area contributed by atoms with Gasteiger partial charge in [0.1, 0.15) is 0 Å². The molecule has 0 aliphatic carbocycles. The molecule has 0 radical (unpaired) electrons. The van der Waals surface area contributed by atoms with E-state index in [9.17, 15) is 0 Å². The van der Waals surface area contributed by atoms with Crippen LogP contribution in [0.4, 0.5) is 0 Å². The van der Waals surface area contributed by atoms with Crippen molar-refractivity contribution in [3.8, 4) is 0 Å². The minimum Gasteiger partial charge on any atom is -0.147 e. The van der Waals surface area contributed by atoms with Crippen LogP contribution in [0.5, 0.6) is 0 Å². The molecule has 0 saturated heterocycles. The van der Waals surface area contributed by atoms with E-state index in [2.05, 4.69) is 13.8 Å². The molecule has 0 rings (SSSR count). The number of hydrogen-bond donors (Lipinski definition) is 0. The van der Waals surface area contributed by atoms with Gasteiger partial charge in [-0.1, -0.05) is 0 Å². The Kier molecular flexibility index (Phi) is 29.1. The third-order valence-electron chi connectivity index (χ3n) is 1.32. The molecule has 13 heavy (non-hydrogen) atoms. The average molecular weight is 398 g/mol. The monoisotopic (exact) mass is 398 g/mol. The van der Waals surface area contributed by atoms with E-state index in [0.29, 0.717) is 0 Å². The van der Waals surface area contributed by atoms with Crippen LogP contribution in [0.3, 0.4) is 0 Å². The summed E-state index contributed by atoms with van der Waals surface area (Å²) in [5, 5.41) is 0. The summed E-state index contributed by atoms with van der Waals surface area (Å²) >= 11 is -1.07. The summed E-state index contributed by atoms with van der Waals surface area (Å²) in [6.07, 6.45) is 4.81. The van der Waals surface area contributed by atoms with Crippen molar-refractivity contribution in [3.63, 3.8) is 0 Å². The Morgan fingerprint density at radius 1 is 0.846 bits per heavy atom. The molecule has 0 aromatic carbocycles. The van der Waals surface area contributed by atoms with Crippen molar-refractivity contribution in [2.75, 3.05) is 13.2 Å². The number of unbranched alkanes of at least 4 members (excludes halogenated alkanes) is 2. The summed E-state index contributed by atoms with van der Waals surface area (Å²) in [5.74, 6) is 0. The predicted molar refractivity (Wildman–Crippen MR) is 56.2 cm³/mol. The van der Waals surface area contributed by atoms with Crippen LogP contribution in [0, 0.1) is 0 Å². The first-order valence-corrected chi connectivity index (χ1v) is 7.33. The molecule has 5 heteroatoms. The van der Waals surface area contributed by atoms with Crippen LogP contribution in [-0.2, 0) is 29.5 Å². The van der Waals surface area contributed by atoms with Crippen molar-refractivity contribution in [2.24, 2.45) is 0 Å². The average Bonchev–Trinajstić information content (AvgIpc) is 2.03. The largest absolute Gasteiger partial charge is 0.147 e. The van der Waals surface area contributed by atoms with E-state index in [4.69, 9.17) is 5.71 Å². The Labute approximate surface area is 107 Å². The molecular weight excluding hydrogens is 377 g/mol. The minimum atomic E-state index is -1.07. The van der Waals surface area contributed by atoms with Gasteiger partial charge in [0, 0.05) is 0 Å². The van der Waals surface area contributed by atoms with Crippen LogP contribution in [0.1, 0.15) is 39.5 Å². The molecule has 0 amide bonds. The van der Waals surface area contributed by atoms with Gasteiger partial charge in [-0.05, 0) is 0 Å². The zero-order chi connectivity index (χ0) is 8.36. The number of halogens is 2. The van der Waals surface area contributed by atoms with Crippen LogP contribution in [0.2, 0.25) is 0 Å². The second-order valence-electron chi connectivity index (χ2n) is 2.49. The van der Waals surface area contributed by atoms with Crippen molar-refractivity contribution in [1.29, 1.82) is 0 Å². The molecule has 0 saturated carbocycles. The fourth-order valence-electron chi connectivity index (χ4n) is 0.558. The molecule has 0 spiro atoms.